The number of nitrogens with two attached hydrogens (primary N) is 1. The van der Waals surface area contributed by atoms with Crippen molar-refractivity contribution in [2.24, 2.45) is 11.8 Å². The second kappa shape index (κ2) is 5.01. The zero-order valence-corrected chi connectivity index (χ0v) is 9.44. The van der Waals surface area contributed by atoms with Crippen LogP contribution >= 0.6 is 0 Å². The highest BCUT2D eigenvalue weighted by Crippen LogP contribution is 2.40. The van der Waals surface area contributed by atoms with Crippen LogP contribution in [-0.2, 0) is 0 Å². The van der Waals surface area contributed by atoms with E-state index in [9.17, 15) is 8.78 Å². The first-order valence-corrected chi connectivity index (χ1v) is 5.71. The normalized spacial score (nSPS) is 22.3. The third-order valence-electron chi connectivity index (χ3n) is 3.35. The number of aromatic nitrogens is 2. The van der Waals surface area contributed by atoms with E-state index in [0.29, 0.717) is 12.8 Å². The first kappa shape index (κ1) is 12.3. The molecule has 1 atom stereocenters. The quantitative estimate of drug-likeness (QED) is 0.626. The van der Waals surface area contributed by atoms with E-state index >= 15 is 0 Å². The van der Waals surface area contributed by atoms with Crippen molar-refractivity contribution < 1.29 is 8.78 Å². The van der Waals surface area contributed by atoms with Gasteiger partial charge in [-0.1, -0.05) is 0 Å². The fourth-order valence-corrected chi connectivity index (χ4v) is 2.37. The molecular weight excluding hydrogens is 226 g/mol. The van der Waals surface area contributed by atoms with E-state index < -0.39 is 5.92 Å². The van der Waals surface area contributed by atoms with Crippen molar-refractivity contribution in [2.75, 3.05) is 0 Å². The monoisotopic (exact) mass is 242 g/mol. The van der Waals surface area contributed by atoms with Crippen LogP contribution in [0.4, 0.5) is 8.78 Å². The average Bonchev–Trinajstić information content (AvgIpc) is 2.33. The number of nitrogens with one attached hydrogen (secondary N) is 1. The molecule has 2 rings (SSSR count). The Kier molecular flexibility index (Phi) is 3.63. The number of rotatable bonds is 3. The van der Waals surface area contributed by atoms with Gasteiger partial charge in [-0.2, -0.15) is 0 Å². The third kappa shape index (κ3) is 2.95. The van der Waals surface area contributed by atoms with Gasteiger partial charge in [0.15, 0.2) is 0 Å². The summed E-state index contributed by atoms with van der Waals surface area (Å²) in [5, 5.41) is 0. The van der Waals surface area contributed by atoms with E-state index in [1.807, 2.05) is 0 Å². The second-order valence-electron chi connectivity index (χ2n) is 4.51. The molecule has 1 unspecified atom stereocenters. The zero-order chi connectivity index (χ0) is 12.3. The number of nitrogens with zero attached hydrogens (tertiary/aromatic N) is 2. The van der Waals surface area contributed by atoms with Gasteiger partial charge in [0.1, 0.15) is 6.33 Å². The van der Waals surface area contributed by atoms with Crippen molar-refractivity contribution >= 4 is 0 Å². The molecule has 1 aromatic rings. The highest BCUT2D eigenvalue weighted by Gasteiger charge is 2.37. The van der Waals surface area contributed by atoms with Crippen LogP contribution in [0, 0.1) is 5.92 Å². The Labute approximate surface area is 98.6 Å². The number of alkyl halides is 2. The summed E-state index contributed by atoms with van der Waals surface area (Å²) < 4.78 is 26.1. The fourth-order valence-electron chi connectivity index (χ4n) is 2.37. The van der Waals surface area contributed by atoms with Crippen molar-refractivity contribution in [3.63, 3.8) is 0 Å². The molecule has 0 radical (unpaired) electrons. The first-order chi connectivity index (χ1) is 8.12. The van der Waals surface area contributed by atoms with Gasteiger partial charge in [0.2, 0.25) is 5.92 Å². The molecule has 94 valence electrons. The van der Waals surface area contributed by atoms with Crippen molar-refractivity contribution in [1.29, 1.82) is 0 Å². The number of hydrogen-bond acceptors (Lipinski definition) is 4. The van der Waals surface area contributed by atoms with Crippen LogP contribution in [-0.4, -0.2) is 15.9 Å². The molecule has 1 aromatic heterocycles. The maximum absolute atomic E-state index is 13.1. The smallest absolute Gasteiger partial charge is 0.248 e. The number of halogens is 2. The van der Waals surface area contributed by atoms with Gasteiger partial charge in [-0.25, -0.2) is 18.7 Å². The van der Waals surface area contributed by atoms with E-state index in [-0.39, 0.29) is 24.8 Å². The summed E-state index contributed by atoms with van der Waals surface area (Å²) in [6.07, 6.45) is 5.58. The minimum Gasteiger partial charge on any atom is -0.271 e. The first-order valence-electron chi connectivity index (χ1n) is 5.71. The van der Waals surface area contributed by atoms with Crippen LogP contribution in [0.5, 0.6) is 0 Å². The van der Waals surface area contributed by atoms with Gasteiger partial charge in [-0.15, -0.1) is 0 Å². The third-order valence-corrected chi connectivity index (χ3v) is 3.35. The molecule has 1 aliphatic rings. The van der Waals surface area contributed by atoms with Crippen LogP contribution < -0.4 is 11.3 Å². The SMILES string of the molecule is NNC(c1cncnc1)C1CCC(F)(F)CC1. The minimum absolute atomic E-state index is 0.0659. The molecule has 1 aliphatic carbocycles. The summed E-state index contributed by atoms with van der Waals surface area (Å²) in [5.41, 5.74) is 3.54. The Morgan fingerprint density at radius 1 is 1.29 bits per heavy atom. The molecule has 0 bridgehead atoms. The maximum Gasteiger partial charge on any atom is 0.248 e. The predicted octanol–water partition coefficient (Wildman–Crippen LogP) is 1.81. The van der Waals surface area contributed by atoms with Crippen LogP contribution in [0.1, 0.15) is 37.3 Å². The number of hydrazine groups is 1. The van der Waals surface area contributed by atoms with Crippen molar-refractivity contribution in [3.8, 4) is 0 Å². The molecule has 6 heteroatoms. The molecule has 17 heavy (non-hydrogen) atoms. The van der Waals surface area contributed by atoms with Crippen molar-refractivity contribution in [1.82, 2.24) is 15.4 Å². The molecule has 1 saturated carbocycles. The topological polar surface area (TPSA) is 63.8 Å². The van der Waals surface area contributed by atoms with Gasteiger partial charge in [0.25, 0.3) is 0 Å². The summed E-state index contributed by atoms with van der Waals surface area (Å²) in [6, 6.07) is -0.146. The largest absolute Gasteiger partial charge is 0.271 e. The lowest BCUT2D eigenvalue weighted by Crippen LogP contribution is -2.37. The fraction of sp³-hybridized carbons (Fsp3) is 0.636. The molecule has 4 nitrogen and oxygen atoms in total. The van der Waals surface area contributed by atoms with E-state index in [1.54, 1.807) is 12.4 Å². The van der Waals surface area contributed by atoms with Crippen LogP contribution in [0.3, 0.4) is 0 Å². The standard InChI is InChI=1S/C11H16F2N4/c12-11(13)3-1-8(2-4-11)10(17-14)9-5-15-7-16-6-9/h5-8,10,17H,1-4,14H2. The van der Waals surface area contributed by atoms with E-state index in [1.165, 1.54) is 6.33 Å². The second-order valence-corrected chi connectivity index (χ2v) is 4.51. The molecule has 0 aliphatic heterocycles. The van der Waals surface area contributed by atoms with Crippen molar-refractivity contribution in [3.05, 3.63) is 24.3 Å². The molecule has 0 aromatic carbocycles. The van der Waals surface area contributed by atoms with Crippen LogP contribution in [0.15, 0.2) is 18.7 Å². The zero-order valence-electron chi connectivity index (χ0n) is 9.44. The molecule has 1 fully saturated rings. The lowest BCUT2D eigenvalue weighted by atomic mass is 9.80. The predicted molar refractivity (Wildman–Crippen MR) is 59.0 cm³/mol. The van der Waals surface area contributed by atoms with Crippen LogP contribution in [0.25, 0.3) is 0 Å². The lowest BCUT2D eigenvalue weighted by molar-refractivity contribution is -0.0498. The van der Waals surface area contributed by atoms with E-state index in [4.69, 9.17) is 5.84 Å². The van der Waals surface area contributed by atoms with Crippen LogP contribution in [0.2, 0.25) is 0 Å². The summed E-state index contributed by atoms with van der Waals surface area (Å²) in [7, 11) is 0. The van der Waals surface area contributed by atoms with Gasteiger partial charge in [-0.05, 0) is 18.8 Å². The Hall–Kier alpha value is -1.14. The molecule has 0 saturated heterocycles. The van der Waals surface area contributed by atoms with Crippen molar-refractivity contribution in [2.45, 2.75) is 37.6 Å². The highest BCUT2D eigenvalue weighted by atomic mass is 19.3. The minimum atomic E-state index is -2.51. The number of hydrogen-bond donors (Lipinski definition) is 2. The van der Waals surface area contributed by atoms with Gasteiger partial charge < -0.3 is 0 Å². The summed E-state index contributed by atoms with van der Waals surface area (Å²) >= 11 is 0. The summed E-state index contributed by atoms with van der Waals surface area (Å²) in [5.74, 6) is 3.12. The molecular formula is C11H16F2N4. The average molecular weight is 242 g/mol. The summed E-state index contributed by atoms with van der Waals surface area (Å²) in [6.45, 7) is 0. The molecule has 1 heterocycles. The summed E-state index contributed by atoms with van der Waals surface area (Å²) in [4.78, 5) is 7.84. The Balaban J connectivity index is 2.05. The Morgan fingerprint density at radius 2 is 1.88 bits per heavy atom. The van der Waals surface area contributed by atoms with Gasteiger partial charge in [0, 0.05) is 30.8 Å². The Morgan fingerprint density at radius 3 is 2.41 bits per heavy atom. The lowest BCUT2D eigenvalue weighted by Gasteiger charge is -2.33. The Bertz CT molecular complexity index is 348. The van der Waals surface area contributed by atoms with Gasteiger partial charge >= 0.3 is 0 Å². The van der Waals surface area contributed by atoms with E-state index in [2.05, 4.69) is 15.4 Å². The molecule has 3 N–H and O–H groups in total. The highest BCUT2D eigenvalue weighted by molar-refractivity contribution is 5.10. The van der Waals surface area contributed by atoms with E-state index in [0.717, 1.165) is 5.56 Å². The van der Waals surface area contributed by atoms with Gasteiger partial charge in [-0.3, -0.25) is 11.3 Å². The molecule has 0 spiro atoms. The molecule has 0 amide bonds. The maximum atomic E-state index is 13.1. The van der Waals surface area contributed by atoms with Gasteiger partial charge in [0.05, 0.1) is 6.04 Å².